The second-order valence-corrected chi connectivity index (χ2v) is 6.05. The van der Waals surface area contributed by atoms with E-state index in [1.165, 1.54) is 0 Å². The van der Waals surface area contributed by atoms with Crippen LogP contribution in [-0.2, 0) is 13.1 Å². The van der Waals surface area contributed by atoms with Crippen LogP contribution in [0.1, 0.15) is 59.7 Å². The Morgan fingerprint density at radius 3 is 2.61 bits per heavy atom. The molecule has 6 nitrogen and oxygen atoms in total. The zero-order chi connectivity index (χ0) is 17.1. The molecule has 0 saturated carbocycles. The van der Waals surface area contributed by atoms with Gasteiger partial charge in [-0.2, -0.15) is 5.10 Å². The number of hydrogen-bond donors (Lipinski definition) is 2. The minimum atomic E-state index is -0.217. The lowest BCUT2D eigenvalue weighted by atomic mass is 10.1. The molecular formula is C17H24N4O2. The Labute approximate surface area is 135 Å². The van der Waals surface area contributed by atoms with E-state index < -0.39 is 0 Å². The SMILES string of the molecule is CCn1nc(C(C)C)cc1C(=O)NCc1c(C)cc(C)[nH]c1=O. The van der Waals surface area contributed by atoms with Crippen molar-refractivity contribution in [2.45, 2.75) is 53.6 Å². The molecule has 23 heavy (non-hydrogen) atoms. The zero-order valence-corrected chi connectivity index (χ0v) is 14.4. The van der Waals surface area contributed by atoms with Gasteiger partial charge in [0.25, 0.3) is 11.5 Å². The van der Waals surface area contributed by atoms with E-state index in [0.29, 0.717) is 17.8 Å². The van der Waals surface area contributed by atoms with Gasteiger partial charge in [-0.25, -0.2) is 0 Å². The molecule has 0 fully saturated rings. The molecule has 124 valence electrons. The second-order valence-electron chi connectivity index (χ2n) is 6.05. The predicted octanol–water partition coefficient (Wildman–Crippen LogP) is 2.26. The molecule has 2 aromatic heterocycles. The number of pyridine rings is 1. The van der Waals surface area contributed by atoms with E-state index >= 15 is 0 Å². The van der Waals surface area contributed by atoms with E-state index in [1.807, 2.05) is 46.8 Å². The van der Waals surface area contributed by atoms with Crippen LogP contribution >= 0.6 is 0 Å². The van der Waals surface area contributed by atoms with E-state index in [9.17, 15) is 9.59 Å². The molecule has 6 heteroatoms. The Morgan fingerprint density at radius 2 is 2.04 bits per heavy atom. The van der Waals surface area contributed by atoms with Crippen LogP contribution in [0.2, 0.25) is 0 Å². The van der Waals surface area contributed by atoms with Gasteiger partial charge in [-0.3, -0.25) is 14.3 Å². The number of rotatable bonds is 5. The highest BCUT2D eigenvalue weighted by molar-refractivity contribution is 5.92. The zero-order valence-electron chi connectivity index (χ0n) is 14.4. The lowest BCUT2D eigenvalue weighted by Gasteiger charge is -2.09. The number of aromatic nitrogens is 3. The van der Waals surface area contributed by atoms with Gasteiger partial charge in [-0.05, 0) is 44.4 Å². The van der Waals surface area contributed by atoms with Gasteiger partial charge in [0, 0.05) is 24.3 Å². The summed E-state index contributed by atoms with van der Waals surface area (Å²) in [5, 5.41) is 7.26. The van der Waals surface area contributed by atoms with E-state index in [-0.39, 0.29) is 23.9 Å². The predicted molar refractivity (Wildman–Crippen MR) is 89.7 cm³/mol. The first-order valence-corrected chi connectivity index (χ1v) is 7.88. The summed E-state index contributed by atoms with van der Waals surface area (Å²) in [5.41, 5.74) is 3.52. The van der Waals surface area contributed by atoms with Crippen molar-refractivity contribution in [3.63, 3.8) is 0 Å². The molecule has 0 unspecified atom stereocenters. The Balaban J connectivity index is 2.19. The Kier molecular flexibility index (Phi) is 5.03. The summed E-state index contributed by atoms with van der Waals surface area (Å²) in [5.74, 6) is 0.0437. The van der Waals surface area contributed by atoms with Gasteiger partial charge in [0.2, 0.25) is 0 Å². The van der Waals surface area contributed by atoms with Gasteiger partial charge in [0.15, 0.2) is 0 Å². The first-order valence-electron chi connectivity index (χ1n) is 7.88. The topological polar surface area (TPSA) is 79.8 Å². The van der Waals surface area contributed by atoms with Crippen LogP contribution in [0.25, 0.3) is 0 Å². The van der Waals surface area contributed by atoms with Crippen LogP contribution in [0.5, 0.6) is 0 Å². The minimum Gasteiger partial charge on any atom is -0.346 e. The summed E-state index contributed by atoms with van der Waals surface area (Å²) in [7, 11) is 0. The Morgan fingerprint density at radius 1 is 1.35 bits per heavy atom. The average molecular weight is 316 g/mol. The maximum atomic E-state index is 12.4. The minimum absolute atomic E-state index is 0.158. The third kappa shape index (κ3) is 3.70. The third-order valence-electron chi connectivity index (χ3n) is 3.84. The van der Waals surface area contributed by atoms with E-state index in [2.05, 4.69) is 15.4 Å². The van der Waals surface area contributed by atoms with Crippen LogP contribution < -0.4 is 10.9 Å². The van der Waals surface area contributed by atoms with Gasteiger partial charge in [-0.15, -0.1) is 0 Å². The molecule has 2 heterocycles. The van der Waals surface area contributed by atoms with Gasteiger partial charge in [0.1, 0.15) is 5.69 Å². The molecule has 0 atom stereocenters. The molecule has 0 spiro atoms. The average Bonchev–Trinajstić information content (AvgIpc) is 2.90. The number of hydrogen-bond acceptors (Lipinski definition) is 3. The fraction of sp³-hybridized carbons (Fsp3) is 0.471. The van der Waals surface area contributed by atoms with Crippen molar-refractivity contribution in [1.29, 1.82) is 0 Å². The number of aryl methyl sites for hydroxylation is 3. The number of nitrogens with one attached hydrogen (secondary N) is 2. The molecular weight excluding hydrogens is 292 g/mol. The highest BCUT2D eigenvalue weighted by Crippen LogP contribution is 2.14. The summed E-state index contributed by atoms with van der Waals surface area (Å²) >= 11 is 0. The number of aromatic amines is 1. The molecule has 0 aromatic carbocycles. The molecule has 0 bridgehead atoms. The first-order chi connectivity index (χ1) is 10.8. The van der Waals surface area contributed by atoms with Crippen LogP contribution in [0, 0.1) is 13.8 Å². The maximum absolute atomic E-state index is 12.4. The van der Waals surface area contributed by atoms with Crippen LogP contribution in [-0.4, -0.2) is 20.7 Å². The van der Waals surface area contributed by atoms with Crippen molar-refractivity contribution in [3.8, 4) is 0 Å². The molecule has 2 rings (SSSR count). The highest BCUT2D eigenvalue weighted by atomic mass is 16.2. The molecule has 2 N–H and O–H groups in total. The van der Waals surface area contributed by atoms with Gasteiger partial charge in [0.05, 0.1) is 5.69 Å². The number of amides is 1. The normalized spacial score (nSPS) is 11.0. The standard InChI is InChI=1S/C17H24N4O2/c1-6-21-15(8-14(20-21)10(2)3)17(23)18-9-13-11(4)7-12(5)19-16(13)22/h7-8,10H,6,9H2,1-5H3,(H,18,23)(H,19,22). The third-order valence-corrected chi connectivity index (χ3v) is 3.84. The van der Waals surface area contributed by atoms with Crippen LogP contribution in [0.4, 0.5) is 0 Å². The molecule has 0 aliphatic carbocycles. The van der Waals surface area contributed by atoms with Crippen LogP contribution in [0.15, 0.2) is 16.9 Å². The molecule has 0 saturated heterocycles. The summed E-state index contributed by atoms with van der Waals surface area (Å²) in [6.45, 7) is 10.6. The Bertz CT molecular complexity index is 771. The van der Waals surface area contributed by atoms with Crippen LogP contribution in [0.3, 0.4) is 0 Å². The van der Waals surface area contributed by atoms with E-state index in [4.69, 9.17) is 0 Å². The fourth-order valence-corrected chi connectivity index (χ4v) is 2.50. The Hall–Kier alpha value is -2.37. The smallest absolute Gasteiger partial charge is 0.269 e. The molecule has 0 aliphatic heterocycles. The number of carbonyl (C=O) groups is 1. The summed E-state index contributed by atoms with van der Waals surface area (Å²) in [6, 6.07) is 3.71. The van der Waals surface area contributed by atoms with Crippen molar-refractivity contribution in [3.05, 3.63) is 50.7 Å². The molecule has 1 amide bonds. The number of nitrogens with zero attached hydrogens (tertiary/aromatic N) is 2. The quantitative estimate of drug-likeness (QED) is 0.888. The molecule has 0 aliphatic rings. The molecule has 2 aromatic rings. The summed E-state index contributed by atoms with van der Waals surface area (Å²) < 4.78 is 1.69. The van der Waals surface area contributed by atoms with E-state index in [1.54, 1.807) is 4.68 Å². The lowest BCUT2D eigenvalue weighted by molar-refractivity contribution is 0.0940. The van der Waals surface area contributed by atoms with Gasteiger partial charge < -0.3 is 10.3 Å². The maximum Gasteiger partial charge on any atom is 0.269 e. The number of carbonyl (C=O) groups excluding carboxylic acids is 1. The molecule has 0 radical (unpaired) electrons. The number of H-pyrrole nitrogens is 1. The summed E-state index contributed by atoms with van der Waals surface area (Å²) in [6.07, 6.45) is 0. The second kappa shape index (κ2) is 6.81. The first kappa shape index (κ1) is 17.0. The lowest BCUT2D eigenvalue weighted by Crippen LogP contribution is -2.29. The highest BCUT2D eigenvalue weighted by Gasteiger charge is 2.16. The van der Waals surface area contributed by atoms with Gasteiger partial charge in [-0.1, -0.05) is 13.8 Å². The van der Waals surface area contributed by atoms with Crippen molar-refractivity contribution in [2.75, 3.05) is 0 Å². The largest absolute Gasteiger partial charge is 0.346 e. The van der Waals surface area contributed by atoms with Crippen molar-refractivity contribution in [1.82, 2.24) is 20.1 Å². The van der Waals surface area contributed by atoms with Crippen molar-refractivity contribution < 1.29 is 4.79 Å². The van der Waals surface area contributed by atoms with Gasteiger partial charge >= 0.3 is 0 Å². The monoisotopic (exact) mass is 316 g/mol. The van der Waals surface area contributed by atoms with E-state index in [0.717, 1.165) is 17.0 Å². The van der Waals surface area contributed by atoms with Crippen molar-refractivity contribution >= 4 is 5.91 Å². The van der Waals surface area contributed by atoms with Crippen molar-refractivity contribution in [2.24, 2.45) is 0 Å². The fourth-order valence-electron chi connectivity index (χ4n) is 2.50. The summed E-state index contributed by atoms with van der Waals surface area (Å²) in [4.78, 5) is 27.2.